The molecule has 0 fully saturated rings. The summed E-state index contributed by atoms with van der Waals surface area (Å²) in [5.74, 6) is -0.513. The average molecular weight is 204 g/mol. The molecular formula is C9H9KO3. The van der Waals surface area contributed by atoms with Crippen molar-refractivity contribution in [3.8, 4) is 5.75 Å². The van der Waals surface area contributed by atoms with Crippen molar-refractivity contribution in [2.75, 3.05) is 7.11 Å². The summed E-state index contributed by atoms with van der Waals surface area (Å²) in [6, 6.07) is 6.98. The van der Waals surface area contributed by atoms with E-state index in [-0.39, 0.29) is 57.8 Å². The maximum absolute atomic E-state index is 10.3. The Morgan fingerprint density at radius 2 is 2.08 bits per heavy atom. The number of para-hydroxylation sites is 1. The molecule has 0 aromatic heterocycles. The smallest absolute Gasteiger partial charge is 0.550 e. The van der Waals surface area contributed by atoms with Crippen molar-refractivity contribution >= 4 is 5.97 Å². The van der Waals surface area contributed by atoms with Crippen LogP contribution < -0.4 is 61.2 Å². The first-order chi connectivity index (χ1) is 5.74. The van der Waals surface area contributed by atoms with E-state index in [1.165, 1.54) is 7.11 Å². The predicted molar refractivity (Wildman–Crippen MR) is 41.7 cm³/mol. The molecule has 0 N–H and O–H groups in total. The molecule has 0 saturated carbocycles. The van der Waals surface area contributed by atoms with Gasteiger partial charge in [0.1, 0.15) is 5.75 Å². The molecule has 0 aliphatic carbocycles. The topological polar surface area (TPSA) is 49.4 Å². The molecule has 1 aromatic carbocycles. The van der Waals surface area contributed by atoms with Gasteiger partial charge in [0.25, 0.3) is 0 Å². The monoisotopic (exact) mass is 204 g/mol. The molecule has 0 heterocycles. The van der Waals surface area contributed by atoms with Gasteiger partial charge in [-0.1, -0.05) is 18.2 Å². The number of ether oxygens (including phenoxy) is 1. The van der Waals surface area contributed by atoms with E-state index in [1.54, 1.807) is 24.3 Å². The number of carboxylic acid groups (broad SMARTS) is 1. The van der Waals surface area contributed by atoms with Gasteiger partial charge in [0, 0.05) is 12.4 Å². The fourth-order valence-electron chi connectivity index (χ4n) is 1.00. The summed E-state index contributed by atoms with van der Waals surface area (Å²) >= 11 is 0. The van der Waals surface area contributed by atoms with Gasteiger partial charge in [-0.2, -0.15) is 0 Å². The minimum Gasteiger partial charge on any atom is -0.550 e. The van der Waals surface area contributed by atoms with Crippen molar-refractivity contribution in [2.24, 2.45) is 0 Å². The van der Waals surface area contributed by atoms with Crippen LogP contribution in [0.25, 0.3) is 0 Å². The van der Waals surface area contributed by atoms with E-state index in [1.807, 2.05) is 0 Å². The van der Waals surface area contributed by atoms with Gasteiger partial charge in [-0.15, -0.1) is 0 Å². The molecule has 0 bridgehead atoms. The van der Waals surface area contributed by atoms with Gasteiger partial charge >= 0.3 is 51.4 Å². The molecule has 0 saturated heterocycles. The summed E-state index contributed by atoms with van der Waals surface area (Å²) < 4.78 is 4.96. The number of hydrogen-bond donors (Lipinski definition) is 0. The Kier molecular flexibility index (Phi) is 6.62. The third-order valence-electron chi connectivity index (χ3n) is 1.53. The number of benzene rings is 1. The Labute approximate surface area is 120 Å². The molecule has 64 valence electrons. The van der Waals surface area contributed by atoms with Crippen LogP contribution in [0.2, 0.25) is 0 Å². The fraction of sp³-hybridized carbons (Fsp3) is 0.222. The Morgan fingerprint density at radius 1 is 1.46 bits per heavy atom. The minimum atomic E-state index is -1.10. The number of aliphatic carboxylic acids is 1. The first-order valence-electron chi connectivity index (χ1n) is 3.56. The number of carbonyl (C=O) groups excluding carboxylic acids is 1. The predicted octanol–water partition coefficient (Wildman–Crippen LogP) is -3.01. The van der Waals surface area contributed by atoms with Crippen LogP contribution in [0.4, 0.5) is 0 Å². The van der Waals surface area contributed by atoms with Gasteiger partial charge in [0.2, 0.25) is 0 Å². The van der Waals surface area contributed by atoms with E-state index < -0.39 is 5.97 Å². The van der Waals surface area contributed by atoms with Crippen LogP contribution in [0.15, 0.2) is 24.3 Å². The number of hydrogen-bond acceptors (Lipinski definition) is 3. The maximum Gasteiger partial charge on any atom is 1.00 e. The molecule has 0 spiro atoms. The second-order valence-corrected chi connectivity index (χ2v) is 2.36. The van der Waals surface area contributed by atoms with Crippen LogP contribution in [-0.4, -0.2) is 13.1 Å². The minimum absolute atomic E-state index is 0. The van der Waals surface area contributed by atoms with Crippen molar-refractivity contribution in [1.82, 2.24) is 0 Å². The first kappa shape index (κ1) is 13.1. The summed E-state index contributed by atoms with van der Waals surface area (Å²) in [5.41, 5.74) is 0.639. The first-order valence-corrected chi connectivity index (χ1v) is 3.56. The van der Waals surface area contributed by atoms with E-state index in [0.717, 1.165) is 0 Å². The Balaban J connectivity index is 0.00000144. The molecule has 1 rings (SSSR count). The second-order valence-electron chi connectivity index (χ2n) is 2.36. The van der Waals surface area contributed by atoms with Gasteiger partial charge < -0.3 is 14.6 Å². The summed E-state index contributed by atoms with van der Waals surface area (Å²) in [6.45, 7) is 0. The average Bonchev–Trinajstić information content (AvgIpc) is 2.04. The van der Waals surface area contributed by atoms with Crippen LogP contribution >= 0.6 is 0 Å². The number of methoxy groups -OCH3 is 1. The molecule has 3 nitrogen and oxygen atoms in total. The molecule has 0 unspecified atom stereocenters. The van der Waals surface area contributed by atoms with Crippen molar-refractivity contribution in [1.29, 1.82) is 0 Å². The van der Waals surface area contributed by atoms with Crippen LogP contribution in [0.5, 0.6) is 5.75 Å². The number of rotatable bonds is 3. The standard InChI is InChI=1S/C9H10O3.K/c1-12-8-5-3-2-4-7(8)6-9(10)11;/h2-5H,6H2,1H3,(H,10,11);/q;+1/p-1. The van der Waals surface area contributed by atoms with Crippen molar-refractivity contribution in [2.45, 2.75) is 6.42 Å². The molecule has 0 radical (unpaired) electrons. The van der Waals surface area contributed by atoms with Gasteiger partial charge in [0.15, 0.2) is 0 Å². The molecule has 0 aliphatic rings. The summed E-state index contributed by atoms with van der Waals surface area (Å²) in [5, 5.41) is 10.3. The van der Waals surface area contributed by atoms with Crippen LogP contribution in [0.1, 0.15) is 5.56 Å². The van der Waals surface area contributed by atoms with E-state index in [9.17, 15) is 9.90 Å². The molecule has 0 amide bonds. The number of carboxylic acids is 1. The fourth-order valence-corrected chi connectivity index (χ4v) is 1.00. The van der Waals surface area contributed by atoms with E-state index in [0.29, 0.717) is 11.3 Å². The molecule has 0 atom stereocenters. The third-order valence-corrected chi connectivity index (χ3v) is 1.53. The molecular weight excluding hydrogens is 195 g/mol. The van der Waals surface area contributed by atoms with Crippen LogP contribution in [-0.2, 0) is 11.2 Å². The van der Waals surface area contributed by atoms with E-state index in [4.69, 9.17) is 4.74 Å². The number of carbonyl (C=O) groups is 1. The quantitative estimate of drug-likeness (QED) is 0.493. The third kappa shape index (κ3) is 4.24. The molecule has 4 heteroatoms. The van der Waals surface area contributed by atoms with Crippen molar-refractivity contribution in [3.05, 3.63) is 29.8 Å². The molecule has 1 aromatic rings. The maximum atomic E-state index is 10.3. The zero-order valence-electron chi connectivity index (χ0n) is 7.74. The zero-order valence-corrected chi connectivity index (χ0v) is 10.9. The summed E-state index contributed by atoms with van der Waals surface area (Å²) in [6.07, 6.45) is -0.107. The van der Waals surface area contributed by atoms with Gasteiger partial charge in [0.05, 0.1) is 7.11 Å². The normalized spacial score (nSPS) is 8.69. The zero-order chi connectivity index (χ0) is 8.97. The largest absolute Gasteiger partial charge is 1.00 e. The van der Waals surface area contributed by atoms with E-state index >= 15 is 0 Å². The van der Waals surface area contributed by atoms with Gasteiger partial charge in [-0.05, 0) is 11.6 Å². The summed E-state index contributed by atoms with van der Waals surface area (Å²) in [4.78, 5) is 10.3. The van der Waals surface area contributed by atoms with Crippen molar-refractivity contribution in [3.63, 3.8) is 0 Å². The molecule has 13 heavy (non-hydrogen) atoms. The van der Waals surface area contributed by atoms with Crippen LogP contribution in [0, 0.1) is 0 Å². The van der Waals surface area contributed by atoms with Crippen molar-refractivity contribution < 1.29 is 66.0 Å². The van der Waals surface area contributed by atoms with Gasteiger partial charge in [-0.25, -0.2) is 0 Å². The SMILES string of the molecule is COc1ccccc1CC(=O)[O-].[K+]. The molecule has 0 aliphatic heterocycles. The summed E-state index contributed by atoms with van der Waals surface area (Å²) in [7, 11) is 1.51. The van der Waals surface area contributed by atoms with Gasteiger partial charge in [-0.3, -0.25) is 0 Å². The van der Waals surface area contributed by atoms with Crippen LogP contribution in [0.3, 0.4) is 0 Å². The Morgan fingerprint density at radius 3 is 2.62 bits per heavy atom. The Bertz CT molecular complexity index is 286. The second kappa shape index (κ2) is 6.56. The Hall–Kier alpha value is 0.126. The van der Waals surface area contributed by atoms with E-state index in [2.05, 4.69) is 0 Å².